The highest BCUT2D eigenvalue weighted by molar-refractivity contribution is 5.93. The second-order valence-corrected chi connectivity index (χ2v) is 3.98. The number of nitrogens with one attached hydrogen (secondary N) is 1. The Morgan fingerprint density at radius 2 is 2.29 bits per heavy atom. The maximum atomic E-state index is 11.5. The number of hydrogen-bond acceptors (Lipinski definition) is 5. The lowest BCUT2D eigenvalue weighted by molar-refractivity contribution is 0.0374. The van der Waals surface area contributed by atoms with Gasteiger partial charge >= 0.3 is 0 Å². The minimum absolute atomic E-state index is 0.131. The smallest absolute Gasteiger partial charge is 0.256 e. The number of nitrogens with zero attached hydrogens (tertiary/aromatic N) is 2. The topological polar surface area (TPSA) is 67.6 Å². The lowest BCUT2D eigenvalue weighted by Crippen LogP contribution is -2.38. The molecule has 1 aliphatic heterocycles. The fourth-order valence-electron chi connectivity index (χ4n) is 1.75. The Balaban J connectivity index is 1.58. The van der Waals surface area contributed by atoms with Gasteiger partial charge in [0.2, 0.25) is 0 Å². The van der Waals surface area contributed by atoms with Gasteiger partial charge in [0.1, 0.15) is 6.26 Å². The summed E-state index contributed by atoms with van der Waals surface area (Å²) >= 11 is 0. The molecule has 1 N–H and O–H groups in total. The average molecular weight is 239 g/mol. The molecule has 2 heterocycles. The summed E-state index contributed by atoms with van der Waals surface area (Å²) in [5, 5.41) is 6.31. The molecule has 0 radical (unpaired) electrons. The van der Waals surface area contributed by atoms with E-state index in [4.69, 9.17) is 4.74 Å². The van der Waals surface area contributed by atoms with Crippen LogP contribution in [0.1, 0.15) is 16.8 Å². The van der Waals surface area contributed by atoms with E-state index in [9.17, 15) is 4.79 Å². The Bertz CT molecular complexity index is 334. The number of hydrogen-bond donors (Lipinski definition) is 1. The Morgan fingerprint density at radius 1 is 1.47 bits per heavy atom. The summed E-state index contributed by atoms with van der Waals surface area (Å²) in [6, 6.07) is 0. The molecule has 1 fully saturated rings. The highest BCUT2D eigenvalue weighted by Gasteiger charge is 2.10. The van der Waals surface area contributed by atoms with Gasteiger partial charge in [0.25, 0.3) is 5.91 Å². The molecule has 1 aliphatic rings. The summed E-state index contributed by atoms with van der Waals surface area (Å²) in [4.78, 5) is 13.9. The van der Waals surface area contributed by atoms with E-state index in [0.717, 1.165) is 39.3 Å². The second kappa shape index (κ2) is 6.36. The quantitative estimate of drug-likeness (QED) is 0.740. The maximum absolute atomic E-state index is 11.5. The van der Waals surface area contributed by atoms with Crippen LogP contribution in [0.25, 0.3) is 0 Å². The number of aromatic nitrogens is 1. The molecule has 0 aromatic carbocycles. The van der Waals surface area contributed by atoms with Crippen LogP contribution in [0.3, 0.4) is 0 Å². The fraction of sp³-hybridized carbons (Fsp3) is 0.636. The molecule has 1 amide bonds. The average Bonchev–Trinajstić information content (AvgIpc) is 2.89. The highest BCUT2D eigenvalue weighted by Crippen LogP contribution is 1.98. The molecule has 0 atom stereocenters. The first-order valence-corrected chi connectivity index (χ1v) is 5.84. The lowest BCUT2D eigenvalue weighted by atomic mass is 10.3. The highest BCUT2D eigenvalue weighted by atomic mass is 16.5. The maximum Gasteiger partial charge on any atom is 0.256 e. The number of morpholine rings is 1. The van der Waals surface area contributed by atoms with E-state index < -0.39 is 0 Å². The van der Waals surface area contributed by atoms with Crippen LogP contribution in [0.4, 0.5) is 0 Å². The molecule has 1 aromatic heterocycles. The van der Waals surface area contributed by atoms with Crippen molar-refractivity contribution in [2.45, 2.75) is 6.42 Å². The molecule has 6 heteroatoms. The van der Waals surface area contributed by atoms with Crippen LogP contribution in [0.5, 0.6) is 0 Å². The molecule has 1 saturated heterocycles. The molecular formula is C11H17N3O3. The molecular weight excluding hydrogens is 222 g/mol. The second-order valence-electron chi connectivity index (χ2n) is 3.98. The van der Waals surface area contributed by atoms with Gasteiger partial charge < -0.3 is 14.6 Å². The standard InChI is InChI=1S/C11H17N3O3/c15-11(10-8-13-17-9-10)12-2-1-3-14-4-6-16-7-5-14/h8-9H,1-7H2,(H,12,15). The van der Waals surface area contributed by atoms with Crippen LogP contribution in [-0.4, -0.2) is 55.4 Å². The third-order valence-corrected chi connectivity index (χ3v) is 2.73. The number of carbonyl (C=O) groups is 1. The first-order valence-electron chi connectivity index (χ1n) is 5.84. The van der Waals surface area contributed by atoms with Crippen molar-refractivity contribution in [3.05, 3.63) is 18.0 Å². The summed E-state index contributed by atoms with van der Waals surface area (Å²) in [6.07, 6.45) is 3.70. The van der Waals surface area contributed by atoms with Crippen molar-refractivity contribution >= 4 is 5.91 Å². The Morgan fingerprint density at radius 3 is 3.00 bits per heavy atom. The molecule has 0 aliphatic carbocycles. The predicted molar refractivity (Wildman–Crippen MR) is 60.7 cm³/mol. The summed E-state index contributed by atoms with van der Waals surface area (Å²) in [7, 11) is 0. The van der Waals surface area contributed by atoms with E-state index in [1.807, 2.05) is 0 Å². The monoisotopic (exact) mass is 239 g/mol. The zero-order chi connectivity index (χ0) is 11.9. The van der Waals surface area contributed by atoms with Crippen LogP contribution < -0.4 is 5.32 Å². The van der Waals surface area contributed by atoms with Crippen molar-refractivity contribution in [3.63, 3.8) is 0 Å². The molecule has 6 nitrogen and oxygen atoms in total. The minimum atomic E-state index is -0.131. The molecule has 17 heavy (non-hydrogen) atoms. The predicted octanol–water partition coefficient (Wildman–Crippen LogP) is 0.127. The van der Waals surface area contributed by atoms with Gasteiger partial charge in [-0.1, -0.05) is 5.16 Å². The molecule has 1 aromatic rings. The van der Waals surface area contributed by atoms with Gasteiger partial charge in [-0.2, -0.15) is 0 Å². The van der Waals surface area contributed by atoms with Gasteiger partial charge in [-0.15, -0.1) is 0 Å². The first-order chi connectivity index (χ1) is 8.36. The lowest BCUT2D eigenvalue weighted by Gasteiger charge is -2.26. The van der Waals surface area contributed by atoms with Crippen molar-refractivity contribution in [3.8, 4) is 0 Å². The van der Waals surface area contributed by atoms with Crippen molar-refractivity contribution in [2.24, 2.45) is 0 Å². The summed E-state index contributed by atoms with van der Waals surface area (Å²) in [5.41, 5.74) is 0.469. The fourth-order valence-corrected chi connectivity index (χ4v) is 1.75. The van der Waals surface area contributed by atoms with Gasteiger partial charge in [-0.3, -0.25) is 9.69 Å². The van der Waals surface area contributed by atoms with Gasteiger partial charge in [0.05, 0.1) is 25.0 Å². The van der Waals surface area contributed by atoms with E-state index >= 15 is 0 Å². The SMILES string of the molecule is O=C(NCCCN1CCOCC1)c1cnoc1. The summed E-state index contributed by atoms with van der Waals surface area (Å²) in [5.74, 6) is -0.131. The van der Waals surface area contributed by atoms with Crippen LogP contribution in [0.2, 0.25) is 0 Å². The zero-order valence-corrected chi connectivity index (χ0v) is 9.72. The third-order valence-electron chi connectivity index (χ3n) is 2.73. The number of rotatable bonds is 5. The molecule has 2 rings (SSSR count). The van der Waals surface area contributed by atoms with E-state index in [2.05, 4.69) is 19.9 Å². The normalized spacial score (nSPS) is 16.9. The van der Waals surface area contributed by atoms with E-state index in [1.165, 1.54) is 12.5 Å². The third kappa shape index (κ3) is 3.83. The molecule has 94 valence electrons. The van der Waals surface area contributed by atoms with Crippen LogP contribution in [0, 0.1) is 0 Å². The van der Waals surface area contributed by atoms with Crippen molar-refractivity contribution in [2.75, 3.05) is 39.4 Å². The van der Waals surface area contributed by atoms with Crippen molar-refractivity contribution < 1.29 is 14.1 Å². The van der Waals surface area contributed by atoms with Crippen molar-refractivity contribution in [1.82, 2.24) is 15.4 Å². The van der Waals surface area contributed by atoms with Crippen LogP contribution in [0.15, 0.2) is 17.0 Å². The largest absolute Gasteiger partial charge is 0.379 e. The minimum Gasteiger partial charge on any atom is -0.379 e. The van der Waals surface area contributed by atoms with E-state index in [0.29, 0.717) is 12.1 Å². The van der Waals surface area contributed by atoms with Gasteiger partial charge in [-0.25, -0.2) is 0 Å². The van der Waals surface area contributed by atoms with E-state index in [1.54, 1.807) is 0 Å². The number of carbonyl (C=O) groups excluding carboxylic acids is 1. The Labute approximate surface area is 99.9 Å². The Kier molecular flexibility index (Phi) is 4.52. The summed E-state index contributed by atoms with van der Waals surface area (Å²) < 4.78 is 9.87. The van der Waals surface area contributed by atoms with Gasteiger partial charge in [0.15, 0.2) is 0 Å². The summed E-state index contributed by atoms with van der Waals surface area (Å²) in [6.45, 7) is 5.26. The number of ether oxygens (including phenoxy) is 1. The first kappa shape index (κ1) is 12.1. The van der Waals surface area contributed by atoms with Gasteiger partial charge in [-0.05, 0) is 13.0 Å². The molecule has 0 saturated carbocycles. The van der Waals surface area contributed by atoms with Crippen LogP contribution >= 0.6 is 0 Å². The van der Waals surface area contributed by atoms with E-state index in [-0.39, 0.29) is 5.91 Å². The number of amides is 1. The van der Waals surface area contributed by atoms with Crippen molar-refractivity contribution in [1.29, 1.82) is 0 Å². The molecule has 0 spiro atoms. The van der Waals surface area contributed by atoms with Crippen LogP contribution in [-0.2, 0) is 4.74 Å². The zero-order valence-electron chi connectivity index (χ0n) is 9.72. The van der Waals surface area contributed by atoms with Gasteiger partial charge in [0, 0.05) is 19.6 Å². The molecule has 0 bridgehead atoms. The molecule has 0 unspecified atom stereocenters. The Hall–Kier alpha value is -1.40.